The second kappa shape index (κ2) is 8.18. The molecule has 0 spiro atoms. The average Bonchev–Trinajstić information content (AvgIpc) is 2.85. The topological polar surface area (TPSA) is 83.4 Å². The molecule has 6 heteroatoms. The molecule has 2 N–H and O–H groups in total. The minimum absolute atomic E-state index is 0.112. The summed E-state index contributed by atoms with van der Waals surface area (Å²) < 4.78 is 15.5. The predicted molar refractivity (Wildman–Crippen MR) is 67.0 cm³/mol. The SMILES string of the molecule is CCCC(OC)c1noc(C(N)CCCOC)n1. The fraction of sp³-hybridized carbons (Fsp3) is 0.833. The average molecular weight is 257 g/mol. The van der Waals surface area contributed by atoms with Crippen LogP contribution in [0.4, 0.5) is 0 Å². The molecule has 2 unspecified atom stereocenters. The van der Waals surface area contributed by atoms with E-state index in [9.17, 15) is 0 Å². The van der Waals surface area contributed by atoms with Gasteiger partial charge in [-0.3, -0.25) is 0 Å². The first kappa shape index (κ1) is 15.1. The van der Waals surface area contributed by atoms with E-state index in [4.69, 9.17) is 19.7 Å². The first-order valence-corrected chi connectivity index (χ1v) is 6.33. The molecule has 1 aromatic heterocycles. The Hall–Kier alpha value is -0.980. The zero-order chi connectivity index (χ0) is 13.4. The monoisotopic (exact) mass is 257 g/mol. The second-order valence-electron chi connectivity index (χ2n) is 4.25. The Balaban J connectivity index is 2.55. The zero-order valence-electron chi connectivity index (χ0n) is 11.4. The van der Waals surface area contributed by atoms with Crippen molar-refractivity contribution in [3.63, 3.8) is 0 Å². The molecule has 104 valence electrons. The van der Waals surface area contributed by atoms with Gasteiger partial charge >= 0.3 is 0 Å². The van der Waals surface area contributed by atoms with E-state index in [2.05, 4.69) is 17.1 Å². The lowest BCUT2D eigenvalue weighted by Crippen LogP contribution is -2.12. The summed E-state index contributed by atoms with van der Waals surface area (Å²) in [5, 5.41) is 3.93. The first-order chi connectivity index (χ1) is 8.72. The smallest absolute Gasteiger partial charge is 0.243 e. The van der Waals surface area contributed by atoms with E-state index in [1.165, 1.54) is 0 Å². The van der Waals surface area contributed by atoms with Gasteiger partial charge in [-0.05, 0) is 19.3 Å². The van der Waals surface area contributed by atoms with E-state index >= 15 is 0 Å². The molecule has 0 aliphatic heterocycles. The van der Waals surface area contributed by atoms with Crippen molar-refractivity contribution < 1.29 is 14.0 Å². The summed E-state index contributed by atoms with van der Waals surface area (Å²) in [5.41, 5.74) is 5.97. The maximum atomic E-state index is 5.97. The van der Waals surface area contributed by atoms with Gasteiger partial charge in [0, 0.05) is 20.8 Å². The van der Waals surface area contributed by atoms with Crippen LogP contribution in [0.15, 0.2) is 4.52 Å². The molecule has 18 heavy (non-hydrogen) atoms. The number of aromatic nitrogens is 2. The Labute approximate surface area is 108 Å². The summed E-state index contributed by atoms with van der Waals surface area (Å²) in [5.74, 6) is 1.05. The molecule has 0 saturated heterocycles. The van der Waals surface area contributed by atoms with Crippen LogP contribution < -0.4 is 5.73 Å². The molecule has 6 nitrogen and oxygen atoms in total. The van der Waals surface area contributed by atoms with Crippen LogP contribution in [0.5, 0.6) is 0 Å². The molecule has 2 atom stereocenters. The summed E-state index contributed by atoms with van der Waals surface area (Å²) in [6, 6.07) is -0.236. The molecule has 0 radical (unpaired) electrons. The van der Waals surface area contributed by atoms with Gasteiger partial charge in [0.2, 0.25) is 11.7 Å². The highest BCUT2D eigenvalue weighted by atomic mass is 16.5. The van der Waals surface area contributed by atoms with Crippen molar-refractivity contribution in [2.45, 2.75) is 44.8 Å². The minimum Gasteiger partial charge on any atom is -0.385 e. The molecule has 0 saturated carbocycles. The molecule has 0 bridgehead atoms. The second-order valence-corrected chi connectivity index (χ2v) is 4.25. The Morgan fingerprint density at radius 2 is 2.11 bits per heavy atom. The van der Waals surface area contributed by atoms with Crippen LogP contribution in [-0.4, -0.2) is 31.0 Å². The molecule has 0 aliphatic rings. The van der Waals surface area contributed by atoms with Gasteiger partial charge in [0.05, 0.1) is 6.04 Å². The fourth-order valence-corrected chi connectivity index (χ4v) is 1.71. The molecule has 0 aliphatic carbocycles. The van der Waals surface area contributed by atoms with Crippen LogP contribution in [0.1, 0.15) is 56.5 Å². The van der Waals surface area contributed by atoms with E-state index in [1.807, 2.05) is 0 Å². The lowest BCUT2D eigenvalue weighted by molar-refractivity contribution is 0.0854. The van der Waals surface area contributed by atoms with Crippen molar-refractivity contribution in [3.8, 4) is 0 Å². The van der Waals surface area contributed by atoms with E-state index in [0.29, 0.717) is 18.3 Å². The van der Waals surface area contributed by atoms with Gasteiger partial charge in [0.25, 0.3) is 0 Å². The van der Waals surface area contributed by atoms with Gasteiger partial charge in [-0.15, -0.1) is 0 Å². The number of rotatable bonds is 9. The summed E-state index contributed by atoms with van der Waals surface area (Å²) >= 11 is 0. The molecule has 1 heterocycles. The van der Waals surface area contributed by atoms with Crippen molar-refractivity contribution >= 4 is 0 Å². The molecule has 1 aromatic rings. The number of methoxy groups -OCH3 is 2. The van der Waals surface area contributed by atoms with Crippen LogP contribution in [0.25, 0.3) is 0 Å². The van der Waals surface area contributed by atoms with Crippen LogP contribution >= 0.6 is 0 Å². The minimum atomic E-state index is -0.236. The third kappa shape index (κ3) is 4.36. The van der Waals surface area contributed by atoms with Crippen LogP contribution in [0.3, 0.4) is 0 Å². The van der Waals surface area contributed by atoms with Gasteiger partial charge in [-0.1, -0.05) is 18.5 Å². The Morgan fingerprint density at radius 3 is 2.72 bits per heavy atom. The highest BCUT2D eigenvalue weighted by Crippen LogP contribution is 2.21. The van der Waals surface area contributed by atoms with E-state index < -0.39 is 0 Å². The number of hydrogen-bond donors (Lipinski definition) is 1. The van der Waals surface area contributed by atoms with Gasteiger partial charge < -0.3 is 19.7 Å². The van der Waals surface area contributed by atoms with Gasteiger partial charge in [0.1, 0.15) is 6.10 Å². The van der Waals surface area contributed by atoms with E-state index in [0.717, 1.165) is 25.7 Å². The summed E-state index contributed by atoms with van der Waals surface area (Å²) in [7, 11) is 3.32. The molecular weight excluding hydrogens is 234 g/mol. The molecule has 0 amide bonds. The van der Waals surface area contributed by atoms with Crippen molar-refractivity contribution in [3.05, 3.63) is 11.7 Å². The first-order valence-electron chi connectivity index (χ1n) is 6.33. The predicted octanol–water partition coefficient (Wildman–Crippen LogP) is 1.98. The van der Waals surface area contributed by atoms with Crippen molar-refractivity contribution in [2.24, 2.45) is 5.73 Å². The maximum absolute atomic E-state index is 5.97. The molecule has 0 fully saturated rings. The number of ether oxygens (including phenoxy) is 2. The number of hydrogen-bond acceptors (Lipinski definition) is 6. The highest BCUT2D eigenvalue weighted by molar-refractivity contribution is 4.95. The molecule has 1 rings (SSSR count). The van der Waals surface area contributed by atoms with E-state index in [-0.39, 0.29) is 12.1 Å². The highest BCUT2D eigenvalue weighted by Gasteiger charge is 2.20. The van der Waals surface area contributed by atoms with E-state index in [1.54, 1.807) is 14.2 Å². The molecular formula is C12H23N3O3. The van der Waals surface area contributed by atoms with Crippen molar-refractivity contribution in [2.75, 3.05) is 20.8 Å². The summed E-state index contributed by atoms with van der Waals surface area (Å²) in [6.45, 7) is 2.77. The number of nitrogens with zero attached hydrogens (tertiary/aromatic N) is 2. The normalized spacial score (nSPS) is 14.7. The third-order valence-corrected chi connectivity index (χ3v) is 2.76. The van der Waals surface area contributed by atoms with Crippen molar-refractivity contribution in [1.82, 2.24) is 10.1 Å². The summed E-state index contributed by atoms with van der Waals surface area (Å²) in [4.78, 5) is 4.31. The Bertz CT molecular complexity index is 330. The standard InChI is InChI=1S/C12H23N3O3/c1-4-6-10(17-3)11-14-12(18-15-11)9(13)7-5-8-16-2/h9-10H,4-8,13H2,1-3H3. The lowest BCUT2D eigenvalue weighted by atomic mass is 10.1. The largest absolute Gasteiger partial charge is 0.385 e. The Morgan fingerprint density at radius 1 is 1.33 bits per heavy atom. The van der Waals surface area contributed by atoms with Gasteiger partial charge in [-0.25, -0.2) is 0 Å². The van der Waals surface area contributed by atoms with Crippen LogP contribution in [-0.2, 0) is 9.47 Å². The zero-order valence-corrected chi connectivity index (χ0v) is 11.4. The maximum Gasteiger partial charge on any atom is 0.243 e. The third-order valence-electron chi connectivity index (χ3n) is 2.76. The number of nitrogens with two attached hydrogens (primary N) is 1. The Kier molecular flexibility index (Phi) is 6.85. The van der Waals surface area contributed by atoms with Crippen LogP contribution in [0, 0.1) is 0 Å². The quantitative estimate of drug-likeness (QED) is 0.681. The van der Waals surface area contributed by atoms with Crippen molar-refractivity contribution in [1.29, 1.82) is 0 Å². The fourth-order valence-electron chi connectivity index (χ4n) is 1.71. The lowest BCUT2D eigenvalue weighted by Gasteiger charge is -2.08. The van der Waals surface area contributed by atoms with Gasteiger partial charge in [0.15, 0.2) is 0 Å². The molecule has 0 aromatic carbocycles. The van der Waals surface area contributed by atoms with Crippen LogP contribution in [0.2, 0.25) is 0 Å². The van der Waals surface area contributed by atoms with Gasteiger partial charge in [-0.2, -0.15) is 4.98 Å². The summed E-state index contributed by atoms with van der Waals surface area (Å²) in [6.07, 6.45) is 3.40.